The van der Waals surface area contributed by atoms with Crippen molar-refractivity contribution < 1.29 is 38.5 Å². The van der Waals surface area contributed by atoms with Crippen molar-refractivity contribution in [2.24, 2.45) is 0 Å². The van der Waals surface area contributed by atoms with Crippen molar-refractivity contribution >= 4 is 40.7 Å². The molecule has 7 rings (SSSR count). The number of hydrogen-bond donors (Lipinski definition) is 0. The van der Waals surface area contributed by atoms with Crippen LogP contribution in [0.2, 0.25) is 0 Å². The lowest BCUT2D eigenvalue weighted by Crippen LogP contribution is -2.29. The number of aryl methyl sites for hydroxylation is 1. The van der Waals surface area contributed by atoms with Crippen molar-refractivity contribution in [2.45, 2.75) is 26.2 Å². The van der Waals surface area contributed by atoms with Gasteiger partial charge in [-0.2, -0.15) is 0 Å². The van der Waals surface area contributed by atoms with Crippen LogP contribution in [-0.2, 0) is 5.41 Å². The number of imide groups is 2. The first-order valence-corrected chi connectivity index (χ1v) is 16.1. The van der Waals surface area contributed by atoms with Crippen molar-refractivity contribution in [3.8, 4) is 23.0 Å². The fraction of sp³-hybridized carbons (Fsp3) is 0.128. The Hall–Kier alpha value is -7.22. The van der Waals surface area contributed by atoms with Crippen LogP contribution in [0.15, 0.2) is 97.1 Å². The first-order chi connectivity index (χ1) is 25.1. The third-order valence-corrected chi connectivity index (χ3v) is 9.40. The molecule has 53 heavy (non-hydrogen) atoms. The number of ether oxygens (including phenoxy) is 2. The number of carbonyl (C=O) groups is 4. The maximum absolute atomic E-state index is 13.3. The Morgan fingerprint density at radius 2 is 1.00 bits per heavy atom. The highest BCUT2D eigenvalue weighted by atomic mass is 16.6. The van der Waals surface area contributed by atoms with Gasteiger partial charge in [0.2, 0.25) is 11.5 Å². The molecule has 0 fully saturated rings. The van der Waals surface area contributed by atoms with E-state index in [4.69, 9.17) is 9.47 Å². The van der Waals surface area contributed by atoms with E-state index in [1.807, 2.05) is 26.8 Å². The van der Waals surface area contributed by atoms with Gasteiger partial charge < -0.3 is 9.47 Å². The summed E-state index contributed by atoms with van der Waals surface area (Å²) in [5.41, 5.74) is 1.22. The average Bonchev–Trinajstić information content (AvgIpc) is 3.49. The number of fused-ring (bicyclic) bond motifs is 2. The maximum Gasteiger partial charge on any atom is 0.312 e. The van der Waals surface area contributed by atoms with E-state index in [2.05, 4.69) is 0 Å². The molecular formula is C39H28N4O10. The van der Waals surface area contributed by atoms with E-state index in [0.717, 1.165) is 38.6 Å². The van der Waals surface area contributed by atoms with Crippen LogP contribution in [0.1, 0.15) is 72.0 Å². The van der Waals surface area contributed by atoms with Crippen LogP contribution in [-0.4, -0.2) is 45.4 Å². The Morgan fingerprint density at radius 3 is 1.43 bits per heavy atom. The van der Waals surface area contributed by atoms with Crippen molar-refractivity contribution in [1.29, 1.82) is 0 Å². The molecule has 0 N–H and O–H groups in total. The number of amides is 4. The first-order valence-electron chi connectivity index (χ1n) is 16.1. The molecule has 2 aliphatic heterocycles. The van der Waals surface area contributed by atoms with Crippen LogP contribution in [0.5, 0.6) is 23.0 Å². The summed E-state index contributed by atoms with van der Waals surface area (Å²) in [4.78, 5) is 75.7. The van der Waals surface area contributed by atoms with Crippen LogP contribution in [0.4, 0.5) is 17.1 Å². The molecule has 14 heteroatoms. The molecule has 0 bridgehead atoms. The molecule has 4 amide bonds. The number of nitro groups is 2. The van der Waals surface area contributed by atoms with Gasteiger partial charge in [0, 0.05) is 36.7 Å². The quantitative estimate of drug-likeness (QED) is 0.0833. The van der Waals surface area contributed by atoms with Gasteiger partial charge in [-0.3, -0.25) is 44.3 Å². The molecule has 0 saturated heterocycles. The van der Waals surface area contributed by atoms with Gasteiger partial charge in [-0.1, -0.05) is 50.2 Å². The molecule has 0 aliphatic carbocycles. The van der Waals surface area contributed by atoms with E-state index >= 15 is 0 Å². The number of carbonyl (C=O) groups excluding carboxylic acids is 4. The van der Waals surface area contributed by atoms with Gasteiger partial charge in [-0.25, -0.2) is 4.90 Å². The van der Waals surface area contributed by atoms with Crippen LogP contribution < -0.4 is 14.4 Å². The van der Waals surface area contributed by atoms with E-state index in [9.17, 15) is 39.4 Å². The summed E-state index contributed by atoms with van der Waals surface area (Å²) >= 11 is 0. The molecule has 0 radical (unpaired) electrons. The molecule has 0 saturated carbocycles. The Bertz CT molecular complexity index is 2440. The van der Waals surface area contributed by atoms with Gasteiger partial charge in [0.25, 0.3) is 23.6 Å². The molecule has 0 spiro atoms. The highest BCUT2D eigenvalue weighted by Gasteiger charge is 2.40. The van der Waals surface area contributed by atoms with Crippen LogP contribution >= 0.6 is 0 Å². The summed E-state index contributed by atoms with van der Waals surface area (Å²) in [6, 6.07) is 25.0. The van der Waals surface area contributed by atoms with E-state index in [0.29, 0.717) is 5.69 Å². The summed E-state index contributed by atoms with van der Waals surface area (Å²) < 4.78 is 11.8. The minimum absolute atomic E-state index is 0.00995. The zero-order valence-electron chi connectivity index (χ0n) is 28.6. The summed E-state index contributed by atoms with van der Waals surface area (Å²) in [5, 5.41) is 23.8. The standard InChI is InChI=1S/C39H28N4O10/c1-21-6-5-7-24(16-21)41-37(46)28-18-32(43(50)51)34(20-30(28)38(41)47)53-26-14-10-23(11-15-26)39(2,3)22-8-12-25(13-9-22)52-33-19-29-27(17-31(33)42(48)49)35(44)40(4)36(29)45/h5-20H,1-4H3. The fourth-order valence-corrected chi connectivity index (χ4v) is 6.38. The van der Waals surface area contributed by atoms with Crippen LogP contribution in [0, 0.1) is 27.2 Å². The molecular weight excluding hydrogens is 684 g/mol. The van der Waals surface area contributed by atoms with Crippen molar-refractivity contribution in [3.05, 3.63) is 156 Å². The van der Waals surface area contributed by atoms with Gasteiger partial charge in [0.1, 0.15) is 11.5 Å². The van der Waals surface area contributed by atoms with Crippen LogP contribution in [0.25, 0.3) is 0 Å². The fourth-order valence-electron chi connectivity index (χ4n) is 6.38. The zero-order chi connectivity index (χ0) is 37.9. The van der Waals surface area contributed by atoms with Crippen LogP contribution in [0.3, 0.4) is 0 Å². The lowest BCUT2D eigenvalue weighted by atomic mass is 9.78. The molecule has 5 aromatic rings. The third-order valence-electron chi connectivity index (χ3n) is 9.40. The Morgan fingerprint density at radius 1 is 0.585 bits per heavy atom. The third kappa shape index (κ3) is 5.81. The number of nitro benzene ring substituents is 2. The molecule has 2 heterocycles. The second-order valence-corrected chi connectivity index (χ2v) is 13.1. The average molecular weight is 713 g/mol. The zero-order valence-corrected chi connectivity index (χ0v) is 28.6. The number of nitrogens with zero attached hydrogens (tertiary/aromatic N) is 4. The van der Waals surface area contributed by atoms with Crippen molar-refractivity contribution in [3.63, 3.8) is 0 Å². The highest BCUT2D eigenvalue weighted by molar-refractivity contribution is 6.34. The number of rotatable bonds is 9. The maximum atomic E-state index is 13.3. The summed E-state index contributed by atoms with van der Waals surface area (Å²) in [7, 11) is 1.30. The molecule has 5 aromatic carbocycles. The molecule has 14 nitrogen and oxygen atoms in total. The Kier molecular flexibility index (Phi) is 8.09. The molecule has 0 unspecified atom stereocenters. The minimum Gasteiger partial charge on any atom is -0.450 e. The van der Waals surface area contributed by atoms with E-state index in [1.54, 1.807) is 66.7 Å². The first kappa shape index (κ1) is 34.2. The molecule has 0 atom stereocenters. The lowest BCUT2D eigenvalue weighted by molar-refractivity contribution is -0.385. The largest absolute Gasteiger partial charge is 0.450 e. The Balaban J connectivity index is 1.11. The number of anilines is 1. The second-order valence-electron chi connectivity index (χ2n) is 13.1. The summed E-state index contributed by atoms with van der Waals surface area (Å²) in [5.74, 6) is -2.36. The molecule has 0 aromatic heterocycles. The number of hydrogen-bond acceptors (Lipinski definition) is 10. The van der Waals surface area contributed by atoms with Gasteiger partial charge in [0.05, 0.1) is 37.8 Å². The van der Waals surface area contributed by atoms with Gasteiger partial charge in [-0.05, 0) is 60.0 Å². The van der Waals surface area contributed by atoms with Gasteiger partial charge in [-0.15, -0.1) is 0 Å². The lowest BCUT2D eigenvalue weighted by Gasteiger charge is -2.26. The highest BCUT2D eigenvalue weighted by Crippen LogP contribution is 2.41. The van der Waals surface area contributed by atoms with E-state index in [-0.39, 0.29) is 45.3 Å². The topological polar surface area (TPSA) is 180 Å². The second kappa shape index (κ2) is 12.5. The van der Waals surface area contributed by atoms with E-state index in [1.165, 1.54) is 19.2 Å². The molecule has 2 aliphatic rings. The number of benzene rings is 5. The van der Waals surface area contributed by atoms with Crippen molar-refractivity contribution in [2.75, 3.05) is 11.9 Å². The smallest absolute Gasteiger partial charge is 0.312 e. The van der Waals surface area contributed by atoms with Crippen molar-refractivity contribution in [1.82, 2.24) is 4.90 Å². The summed E-state index contributed by atoms with van der Waals surface area (Å²) in [6.07, 6.45) is 0. The summed E-state index contributed by atoms with van der Waals surface area (Å²) in [6.45, 7) is 5.76. The molecule has 264 valence electrons. The SMILES string of the molecule is Cc1cccc(N2C(=O)c3cc(Oc4ccc(C(C)(C)c5ccc(Oc6cc7c(cc6[N+](=O)[O-])C(=O)N(C)C7=O)cc5)cc4)c([N+](=O)[O-])cc3C2=O)c1. The van der Waals surface area contributed by atoms with Gasteiger partial charge in [0.15, 0.2) is 0 Å². The monoisotopic (exact) mass is 712 g/mol. The minimum atomic E-state index is -0.681. The van der Waals surface area contributed by atoms with Gasteiger partial charge >= 0.3 is 11.4 Å². The predicted octanol–water partition coefficient (Wildman–Crippen LogP) is 7.75. The van der Waals surface area contributed by atoms with E-state index < -0.39 is 50.3 Å². The Labute approximate surface area is 301 Å². The predicted molar refractivity (Wildman–Crippen MR) is 190 cm³/mol. The normalized spacial score (nSPS) is 13.7.